The van der Waals surface area contributed by atoms with Gasteiger partial charge in [0.1, 0.15) is 0 Å². The Morgan fingerprint density at radius 3 is 2.07 bits per heavy atom. The van der Waals surface area contributed by atoms with Crippen LogP contribution >= 0.6 is 0 Å². The number of carbonyl (C=O) groups is 1. The van der Waals surface area contributed by atoms with Crippen LogP contribution < -0.4 is 0 Å². The predicted octanol–water partition coefficient (Wildman–Crippen LogP) is 2.20. The van der Waals surface area contributed by atoms with Gasteiger partial charge in [0.05, 0.1) is 0 Å². The minimum absolute atomic E-state index is 0.0742. The molecule has 1 saturated carbocycles. The number of halogens is 3. The van der Waals surface area contributed by atoms with E-state index in [0.717, 1.165) is 4.90 Å². The van der Waals surface area contributed by atoms with Gasteiger partial charge in [0.15, 0.2) is 0 Å². The summed E-state index contributed by atoms with van der Waals surface area (Å²) < 4.78 is 36.1. The van der Waals surface area contributed by atoms with Crippen molar-refractivity contribution in [3.63, 3.8) is 0 Å². The smallest absolute Gasteiger partial charge is 0.335 e. The monoisotopic (exact) mass is 209 g/mol. The quantitative estimate of drug-likeness (QED) is 0.648. The lowest BCUT2D eigenvalue weighted by molar-refractivity contribution is -0.189. The summed E-state index contributed by atoms with van der Waals surface area (Å²) in [6.45, 7) is 3.96. The van der Waals surface area contributed by atoms with Gasteiger partial charge < -0.3 is 4.90 Å². The molecule has 5 heteroatoms. The number of rotatable bonds is 1. The topological polar surface area (TPSA) is 20.3 Å². The van der Waals surface area contributed by atoms with E-state index in [2.05, 4.69) is 0 Å². The molecule has 0 heterocycles. The number of hydrogen-bond donors (Lipinski definition) is 0. The number of nitrogens with zero attached hydrogens (tertiary/aromatic N) is 1. The maximum absolute atomic E-state index is 12.0. The van der Waals surface area contributed by atoms with Crippen LogP contribution in [0.1, 0.15) is 26.7 Å². The number of alkyl halides is 3. The second-order valence-corrected chi connectivity index (χ2v) is 4.64. The SMILES string of the molecule is CN(C(=O)C(F)(F)F)C1CC(C)(C)C1. The molecule has 0 aromatic heterocycles. The van der Waals surface area contributed by atoms with Gasteiger partial charge in [0.2, 0.25) is 0 Å². The fraction of sp³-hybridized carbons (Fsp3) is 0.889. The van der Waals surface area contributed by atoms with E-state index in [0.29, 0.717) is 12.8 Å². The Kier molecular flexibility index (Phi) is 2.54. The first-order valence-electron chi connectivity index (χ1n) is 4.47. The summed E-state index contributed by atoms with van der Waals surface area (Å²) in [5.41, 5.74) is 0.0742. The summed E-state index contributed by atoms with van der Waals surface area (Å²) in [6.07, 6.45) is -3.45. The van der Waals surface area contributed by atoms with E-state index in [1.54, 1.807) is 0 Å². The van der Waals surface area contributed by atoms with Gasteiger partial charge in [-0.1, -0.05) is 13.8 Å². The van der Waals surface area contributed by atoms with Crippen LogP contribution in [0.25, 0.3) is 0 Å². The fourth-order valence-electron chi connectivity index (χ4n) is 1.86. The molecule has 82 valence electrons. The number of carbonyl (C=O) groups excluding carboxylic acids is 1. The molecule has 14 heavy (non-hydrogen) atoms. The van der Waals surface area contributed by atoms with Gasteiger partial charge in [-0.3, -0.25) is 4.79 Å². The van der Waals surface area contributed by atoms with Gasteiger partial charge in [-0.15, -0.1) is 0 Å². The fourth-order valence-corrected chi connectivity index (χ4v) is 1.86. The molecule has 0 N–H and O–H groups in total. The van der Waals surface area contributed by atoms with Crippen LogP contribution in [0.4, 0.5) is 13.2 Å². The molecular formula is C9H14F3NO. The van der Waals surface area contributed by atoms with Gasteiger partial charge >= 0.3 is 12.1 Å². The highest BCUT2D eigenvalue weighted by molar-refractivity contribution is 5.82. The molecule has 0 radical (unpaired) electrons. The number of amides is 1. The molecule has 1 aliphatic carbocycles. The molecular weight excluding hydrogens is 195 g/mol. The maximum atomic E-state index is 12.0. The van der Waals surface area contributed by atoms with E-state index in [1.165, 1.54) is 7.05 Å². The van der Waals surface area contributed by atoms with E-state index < -0.39 is 12.1 Å². The van der Waals surface area contributed by atoms with Crippen LogP contribution in [-0.2, 0) is 4.79 Å². The molecule has 0 aliphatic heterocycles. The minimum atomic E-state index is -4.74. The first-order valence-corrected chi connectivity index (χ1v) is 4.47. The maximum Gasteiger partial charge on any atom is 0.471 e. The molecule has 0 spiro atoms. The van der Waals surface area contributed by atoms with Gasteiger partial charge in [0.25, 0.3) is 0 Å². The molecule has 0 saturated heterocycles. The van der Waals surface area contributed by atoms with Crippen molar-refractivity contribution in [3.8, 4) is 0 Å². The first-order chi connectivity index (χ1) is 6.13. The molecule has 0 unspecified atom stereocenters. The lowest BCUT2D eigenvalue weighted by atomic mass is 9.68. The largest absolute Gasteiger partial charge is 0.471 e. The third kappa shape index (κ3) is 2.19. The third-order valence-corrected chi connectivity index (χ3v) is 2.69. The molecule has 0 atom stereocenters. The zero-order valence-electron chi connectivity index (χ0n) is 8.48. The summed E-state index contributed by atoms with van der Waals surface area (Å²) in [7, 11) is 1.22. The summed E-state index contributed by atoms with van der Waals surface area (Å²) in [5, 5.41) is 0. The standard InChI is InChI=1S/C9H14F3NO/c1-8(2)4-6(5-8)13(3)7(14)9(10,11)12/h6H,4-5H2,1-3H3. The highest BCUT2D eigenvalue weighted by Crippen LogP contribution is 2.43. The molecule has 1 rings (SSSR count). The van der Waals surface area contributed by atoms with Crippen molar-refractivity contribution in [1.29, 1.82) is 0 Å². The highest BCUT2D eigenvalue weighted by Gasteiger charge is 2.47. The molecule has 0 aromatic carbocycles. The molecule has 0 aromatic rings. The van der Waals surface area contributed by atoms with E-state index >= 15 is 0 Å². The zero-order valence-corrected chi connectivity index (χ0v) is 8.48. The van der Waals surface area contributed by atoms with Gasteiger partial charge in [-0.25, -0.2) is 0 Å². The Labute approximate surface area is 81.1 Å². The lowest BCUT2D eigenvalue weighted by Gasteiger charge is -2.47. The third-order valence-electron chi connectivity index (χ3n) is 2.69. The van der Waals surface area contributed by atoms with Crippen LogP contribution in [0.3, 0.4) is 0 Å². The molecule has 2 nitrogen and oxygen atoms in total. The van der Waals surface area contributed by atoms with Crippen molar-refractivity contribution in [2.24, 2.45) is 5.41 Å². The number of hydrogen-bond acceptors (Lipinski definition) is 1. The Morgan fingerprint density at radius 2 is 1.79 bits per heavy atom. The molecule has 1 fully saturated rings. The lowest BCUT2D eigenvalue weighted by Crippen LogP contribution is -2.52. The van der Waals surface area contributed by atoms with Crippen LogP contribution in [0.5, 0.6) is 0 Å². The second kappa shape index (κ2) is 3.14. The van der Waals surface area contributed by atoms with Crippen molar-refractivity contribution in [2.75, 3.05) is 7.05 Å². The van der Waals surface area contributed by atoms with Crippen LogP contribution in [-0.4, -0.2) is 30.1 Å². The predicted molar refractivity (Wildman–Crippen MR) is 45.6 cm³/mol. The van der Waals surface area contributed by atoms with Crippen molar-refractivity contribution in [1.82, 2.24) is 4.90 Å². The van der Waals surface area contributed by atoms with Crippen molar-refractivity contribution in [2.45, 2.75) is 38.9 Å². The van der Waals surface area contributed by atoms with Crippen molar-refractivity contribution in [3.05, 3.63) is 0 Å². The first kappa shape index (κ1) is 11.3. The van der Waals surface area contributed by atoms with E-state index in [1.807, 2.05) is 13.8 Å². The summed E-state index contributed by atoms with van der Waals surface area (Å²) in [5.74, 6) is -1.74. The Balaban J connectivity index is 2.52. The highest BCUT2D eigenvalue weighted by atomic mass is 19.4. The van der Waals surface area contributed by atoms with Crippen molar-refractivity contribution >= 4 is 5.91 Å². The van der Waals surface area contributed by atoms with E-state index in [9.17, 15) is 18.0 Å². The Morgan fingerprint density at radius 1 is 1.36 bits per heavy atom. The van der Waals surface area contributed by atoms with E-state index in [-0.39, 0.29) is 11.5 Å². The second-order valence-electron chi connectivity index (χ2n) is 4.64. The average molecular weight is 209 g/mol. The van der Waals surface area contributed by atoms with Gasteiger partial charge in [-0.2, -0.15) is 13.2 Å². The summed E-state index contributed by atoms with van der Waals surface area (Å²) in [6, 6.07) is -0.251. The van der Waals surface area contributed by atoms with Crippen molar-refractivity contribution < 1.29 is 18.0 Å². The van der Waals surface area contributed by atoms with Crippen LogP contribution in [0.2, 0.25) is 0 Å². The zero-order chi connectivity index (χ0) is 11.1. The average Bonchev–Trinajstić information content (AvgIpc) is 1.95. The molecule has 0 bridgehead atoms. The normalized spacial score (nSPS) is 21.6. The summed E-state index contributed by atoms with van der Waals surface area (Å²) >= 11 is 0. The minimum Gasteiger partial charge on any atom is -0.335 e. The van der Waals surface area contributed by atoms with Gasteiger partial charge in [0, 0.05) is 13.1 Å². The Bertz CT molecular complexity index is 239. The van der Waals surface area contributed by atoms with Gasteiger partial charge in [-0.05, 0) is 18.3 Å². The van der Waals surface area contributed by atoms with E-state index in [4.69, 9.17) is 0 Å². The molecule has 1 amide bonds. The van der Waals surface area contributed by atoms with Crippen LogP contribution in [0.15, 0.2) is 0 Å². The Hall–Kier alpha value is -0.740. The summed E-state index contributed by atoms with van der Waals surface area (Å²) in [4.78, 5) is 11.6. The molecule has 1 aliphatic rings. The van der Waals surface area contributed by atoms with Crippen LogP contribution in [0, 0.1) is 5.41 Å².